The quantitative estimate of drug-likeness (QED) is 0.593. The normalized spacial score (nSPS) is 37.5. The highest BCUT2D eigenvalue weighted by atomic mass is 32.2. The minimum Gasteiger partial charge on any atom is -0.352 e. The molecule has 0 saturated carbocycles. The highest BCUT2D eigenvalue weighted by molar-refractivity contribution is 7.99. The van der Waals surface area contributed by atoms with Gasteiger partial charge >= 0.3 is 0 Å². The maximum Gasteiger partial charge on any atom is 0.176 e. The zero-order valence-electron chi connectivity index (χ0n) is 7.11. The number of thioether (sulfide) groups is 1. The van der Waals surface area contributed by atoms with E-state index in [0.717, 1.165) is 0 Å². The first kappa shape index (κ1) is 9.10. The molecule has 0 aliphatic carbocycles. The molecule has 0 N–H and O–H groups in total. The van der Waals surface area contributed by atoms with Crippen LogP contribution in [-0.4, -0.2) is 31.0 Å². The summed E-state index contributed by atoms with van der Waals surface area (Å²) in [6.45, 7) is 2.07. The van der Waals surface area contributed by atoms with Crippen molar-refractivity contribution in [1.29, 1.82) is 0 Å². The van der Waals surface area contributed by atoms with Crippen molar-refractivity contribution in [2.24, 2.45) is 0 Å². The Morgan fingerprint density at radius 3 is 2.64 bits per heavy atom. The lowest BCUT2D eigenvalue weighted by Crippen LogP contribution is -2.31. The molecule has 0 bridgehead atoms. The monoisotopic (exact) mass is 174 g/mol. The van der Waals surface area contributed by atoms with E-state index in [2.05, 4.69) is 19.3 Å². The molecule has 0 aromatic carbocycles. The van der Waals surface area contributed by atoms with Crippen LogP contribution in [-0.2, 0) is 9.47 Å². The molecular formula is C8H14O2S. The first-order chi connectivity index (χ1) is 5.27. The van der Waals surface area contributed by atoms with Crippen LogP contribution in [0.4, 0.5) is 0 Å². The third-order valence-corrected chi connectivity index (χ3v) is 2.86. The number of hydrogen-bond acceptors (Lipinski definition) is 3. The molecule has 64 valence electrons. The van der Waals surface area contributed by atoms with Crippen LogP contribution in [0.25, 0.3) is 0 Å². The van der Waals surface area contributed by atoms with Gasteiger partial charge in [-0.05, 0) is 19.3 Å². The van der Waals surface area contributed by atoms with Gasteiger partial charge in [0, 0.05) is 12.4 Å². The molecular weight excluding hydrogens is 160 g/mol. The lowest BCUT2D eigenvalue weighted by Gasteiger charge is -2.27. The summed E-state index contributed by atoms with van der Waals surface area (Å²) in [6.07, 6.45) is 6.30. The van der Waals surface area contributed by atoms with Crippen molar-refractivity contribution in [1.82, 2.24) is 0 Å². The van der Waals surface area contributed by atoms with E-state index in [9.17, 15) is 0 Å². The third-order valence-electron chi connectivity index (χ3n) is 1.77. The SMILES string of the molecule is COC1C=C[C@H](SC)[C@@H](C)O1. The van der Waals surface area contributed by atoms with Crippen LogP contribution in [0.1, 0.15) is 6.92 Å². The van der Waals surface area contributed by atoms with Crippen LogP contribution in [0.5, 0.6) is 0 Å². The summed E-state index contributed by atoms with van der Waals surface area (Å²) >= 11 is 1.80. The van der Waals surface area contributed by atoms with Crippen LogP contribution < -0.4 is 0 Å². The second kappa shape index (κ2) is 4.14. The Hall–Kier alpha value is 0.01000. The van der Waals surface area contributed by atoms with Crippen LogP contribution in [0.2, 0.25) is 0 Å². The molecule has 3 atom stereocenters. The van der Waals surface area contributed by atoms with Crippen molar-refractivity contribution in [2.75, 3.05) is 13.4 Å². The van der Waals surface area contributed by atoms with Crippen LogP contribution in [0.15, 0.2) is 12.2 Å². The summed E-state index contributed by atoms with van der Waals surface area (Å²) in [5, 5.41) is 0.474. The number of ether oxygens (including phenoxy) is 2. The topological polar surface area (TPSA) is 18.5 Å². The van der Waals surface area contributed by atoms with Crippen molar-refractivity contribution < 1.29 is 9.47 Å². The molecule has 1 aliphatic heterocycles. The highest BCUT2D eigenvalue weighted by Gasteiger charge is 2.21. The van der Waals surface area contributed by atoms with Crippen molar-refractivity contribution in [2.45, 2.75) is 24.6 Å². The smallest absolute Gasteiger partial charge is 0.176 e. The molecule has 3 heteroatoms. The second-order valence-corrected chi connectivity index (χ2v) is 3.55. The molecule has 0 saturated heterocycles. The Labute approximate surface area is 71.9 Å². The predicted molar refractivity (Wildman–Crippen MR) is 47.8 cm³/mol. The molecule has 0 spiro atoms. The van der Waals surface area contributed by atoms with Crippen molar-refractivity contribution in [3.63, 3.8) is 0 Å². The minimum absolute atomic E-state index is 0.145. The van der Waals surface area contributed by atoms with E-state index >= 15 is 0 Å². The minimum atomic E-state index is -0.145. The van der Waals surface area contributed by atoms with Gasteiger partial charge in [0.05, 0.1) is 6.10 Å². The van der Waals surface area contributed by atoms with Gasteiger partial charge in [0.15, 0.2) is 6.29 Å². The fourth-order valence-corrected chi connectivity index (χ4v) is 1.79. The van der Waals surface area contributed by atoms with Gasteiger partial charge in [0.1, 0.15) is 0 Å². The van der Waals surface area contributed by atoms with Gasteiger partial charge in [-0.25, -0.2) is 0 Å². The van der Waals surface area contributed by atoms with Crippen molar-refractivity contribution >= 4 is 11.8 Å². The van der Waals surface area contributed by atoms with Gasteiger partial charge in [-0.1, -0.05) is 6.08 Å². The molecule has 1 unspecified atom stereocenters. The summed E-state index contributed by atoms with van der Waals surface area (Å²) in [7, 11) is 1.65. The molecule has 1 heterocycles. The summed E-state index contributed by atoms with van der Waals surface area (Å²) in [5.74, 6) is 0. The number of rotatable bonds is 2. The van der Waals surface area contributed by atoms with E-state index in [4.69, 9.17) is 9.47 Å². The van der Waals surface area contributed by atoms with Gasteiger partial charge in [0.2, 0.25) is 0 Å². The molecule has 0 radical (unpaired) electrons. The molecule has 11 heavy (non-hydrogen) atoms. The summed E-state index contributed by atoms with van der Waals surface area (Å²) in [4.78, 5) is 0. The lowest BCUT2D eigenvalue weighted by atomic mass is 10.2. The fourth-order valence-electron chi connectivity index (χ4n) is 1.10. The number of hydrogen-bond donors (Lipinski definition) is 0. The van der Waals surface area contributed by atoms with Crippen LogP contribution in [0, 0.1) is 0 Å². The Morgan fingerprint density at radius 2 is 2.18 bits per heavy atom. The average molecular weight is 174 g/mol. The van der Waals surface area contributed by atoms with Crippen molar-refractivity contribution in [3.8, 4) is 0 Å². The van der Waals surface area contributed by atoms with E-state index in [1.54, 1.807) is 18.9 Å². The molecule has 0 aromatic heterocycles. The molecule has 0 aromatic rings. The van der Waals surface area contributed by atoms with E-state index in [-0.39, 0.29) is 12.4 Å². The highest BCUT2D eigenvalue weighted by Crippen LogP contribution is 2.21. The second-order valence-electron chi connectivity index (χ2n) is 2.53. The zero-order valence-corrected chi connectivity index (χ0v) is 7.93. The Morgan fingerprint density at radius 1 is 1.45 bits per heavy atom. The van der Waals surface area contributed by atoms with Gasteiger partial charge in [-0.15, -0.1) is 0 Å². The molecule has 1 aliphatic rings. The maximum atomic E-state index is 5.51. The summed E-state index contributed by atoms with van der Waals surface area (Å²) in [5.41, 5.74) is 0. The summed E-state index contributed by atoms with van der Waals surface area (Å²) in [6, 6.07) is 0. The van der Waals surface area contributed by atoms with Gasteiger partial charge in [0.25, 0.3) is 0 Å². The van der Waals surface area contributed by atoms with Gasteiger partial charge in [-0.3, -0.25) is 0 Å². The molecule has 0 fully saturated rings. The zero-order chi connectivity index (χ0) is 8.27. The lowest BCUT2D eigenvalue weighted by molar-refractivity contribution is -0.124. The Bertz CT molecular complexity index is 147. The molecule has 1 rings (SSSR count). The fraction of sp³-hybridized carbons (Fsp3) is 0.750. The van der Waals surface area contributed by atoms with E-state index in [0.29, 0.717) is 5.25 Å². The predicted octanol–water partition coefficient (Wildman–Crippen LogP) is 1.67. The van der Waals surface area contributed by atoms with E-state index in [1.165, 1.54) is 0 Å². The average Bonchev–Trinajstić information content (AvgIpc) is 2.04. The van der Waals surface area contributed by atoms with E-state index in [1.807, 2.05) is 6.08 Å². The Kier molecular flexibility index (Phi) is 3.43. The first-order valence-corrected chi connectivity index (χ1v) is 4.96. The first-order valence-electron chi connectivity index (χ1n) is 3.67. The summed E-state index contributed by atoms with van der Waals surface area (Å²) < 4.78 is 10.5. The largest absolute Gasteiger partial charge is 0.352 e. The third kappa shape index (κ3) is 2.22. The van der Waals surface area contributed by atoms with E-state index < -0.39 is 0 Å². The van der Waals surface area contributed by atoms with Crippen LogP contribution in [0.3, 0.4) is 0 Å². The van der Waals surface area contributed by atoms with Crippen molar-refractivity contribution in [3.05, 3.63) is 12.2 Å². The molecule has 2 nitrogen and oxygen atoms in total. The van der Waals surface area contributed by atoms with Gasteiger partial charge < -0.3 is 9.47 Å². The molecule has 0 amide bonds. The van der Waals surface area contributed by atoms with Gasteiger partial charge in [-0.2, -0.15) is 11.8 Å². The Balaban J connectivity index is 2.51. The maximum absolute atomic E-state index is 5.51. The number of methoxy groups -OCH3 is 1. The van der Waals surface area contributed by atoms with Crippen LogP contribution >= 0.6 is 11.8 Å². The standard InChI is InChI=1S/C8H14O2S/c1-6-7(11-3)4-5-8(9-2)10-6/h4-8H,1-3H3/t6-,7+,8?/m1/s1.